The zero-order valence-corrected chi connectivity index (χ0v) is 11.4. The van der Waals surface area contributed by atoms with E-state index in [4.69, 9.17) is 27.9 Å². The van der Waals surface area contributed by atoms with E-state index >= 15 is 0 Å². The van der Waals surface area contributed by atoms with E-state index in [2.05, 4.69) is 5.32 Å². The molecule has 1 fully saturated rings. The zero-order chi connectivity index (χ0) is 12.3. The second kappa shape index (κ2) is 6.05. The predicted molar refractivity (Wildman–Crippen MR) is 71.8 cm³/mol. The van der Waals surface area contributed by atoms with Crippen LogP contribution in [-0.2, 0) is 4.74 Å². The van der Waals surface area contributed by atoms with E-state index in [9.17, 15) is 0 Å². The van der Waals surface area contributed by atoms with E-state index in [0.717, 1.165) is 25.1 Å². The monoisotopic (exact) mass is 273 g/mol. The van der Waals surface area contributed by atoms with Crippen LogP contribution in [0.3, 0.4) is 0 Å². The molecule has 1 N–H and O–H groups in total. The normalized spacial score (nSPS) is 24.9. The van der Waals surface area contributed by atoms with Crippen molar-refractivity contribution >= 4 is 23.2 Å². The van der Waals surface area contributed by atoms with Gasteiger partial charge in [0, 0.05) is 19.1 Å². The lowest BCUT2D eigenvalue weighted by atomic mass is 9.89. The van der Waals surface area contributed by atoms with Gasteiger partial charge in [0.15, 0.2) is 0 Å². The van der Waals surface area contributed by atoms with Crippen LogP contribution in [0, 0.1) is 5.92 Å². The molecule has 1 saturated heterocycles. The molecule has 0 radical (unpaired) electrons. The minimum absolute atomic E-state index is 0.131. The topological polar surface area (TPSA) is 21.3 Å². The molecule has 0 aromatic heterocycles. The summed E-state index contributed by atoms with van der Waals surface area (Å²) in [5.41, 5.74) is 1.12. The SMILES string of the molecule is CNCC1CCCOC1c1ccc(Cl)c(Cl)c1. The van der Waals surface area contributed by atoms with Crippen LogP contribution in [-0.4, -0.2) is 20.2 Å². The second-order valence-electron chi connectivity index (χ2n) is 4.42. The van der Waals surface area contributed by atoms with Crippen LogP contribution in [0.5, 0.6) is 0 Å². The van der Waals surface area contributed by atoms with Crippen LogP contribution >= 0.6 is 23.2 Å². The fourth-order valence-electron chi connectivity index (χ4n) is 2.37. The van der Waals surface area contributed by atoms with Gasteiger partial charge >= 0.3 is 0 Å². The van der Waals surface area contributed by atoms with E-state index in [1.807, 2.05) is 25.2 Å². The molecular weight excluding hydrogens is 257 g/mol. The summed E-state index contributed by atoms with van der Waals surface area (Å²) in [4.78, 5) is 0. The van der Waals surface area contributed by atoms with Crippen molar-refractivity contribution in [2.75, 3.05) is 20.2 Å². The standard InChI is InChI=1S/C13H17Cl2NO/c1-16-8-10-3-2-6-17-13(10)9-4-5-11(14)12(15)7-9/h4-5,7,10,13,16H,2-3,6,8H2,1H3. The summed E-state index contributed by atoms with van der Waals surface area (Å²) in [5, 5.41) is 4.42. The van der Waals surface area contributed by atoms with Crippen molar-refractivity contribution in [3.63, 3.8) is 0 Å². The zero-order valence-electron chi connectivity index (χ0n) is 9.88. The maximum absolute atomic E-state index is 6.05. The maximum atomic E-state index is 6.05. The Bertz CT molecular complexity index is 382. The summed E-state index contributed by atoms with van der Waals surface area (Å²) in [5.74, 6) is 0.506. The third-order valence-electron chi connectivity index (χ3n) is 3.18. The van der Waals surface area contributed by atoms with Gasteiger partial charge in [-0.3, -0.25) is 0 Å². The van der Waals surface area contributed by atoms with E-state index in [1.165, 1.54) is 6.42 Å². The van der Waals surface area contributed by atoms with Crippen LogP contribution < -0.4 is 5.32 Å². The number of nitrogens with one attached hydrogen (secondary N) is 1. The number of ether oxygens (including phenoxy) is 1. The smallest absolute Gasteiger partial charge is 0.0865 e. The van der Waals surface area contributed by atoms with Crippen molar-refractivity contribution in [2.45, 2.75) is 18.9 Å². The van der Waals surface area contributed by atoms with Crippen molar-refractivity contribution in [1.82, 2.24) is 5.32 Å². The van der Waals surface area contributed by atoms with Gasteiger partial charge in [0.1, 0.15) is 0 Å². The molecule has 2 atom stereocenters. The summed E-state index contributed by atoms with van der Waals surface area (Å²) in [7, 11) is 1.97. The highest BCUT2D eigenvalue weighted by molar-refractivity contribution is 6.42. The molecule has 0 amide bonds. The maximum Gasteiger partial charge on any atom is 0.0865 e. The average molecular weight is 274 g/mol. The molecular formula is C13H17Cl2NO. The molecule has 1 aliphatic rings. The van der Waals surface area contributed by atoms with Gasteiger partial charge < -0.3 is 10.1 Å². The van der Waals surface area contributed by atoms with Crippen molar-refractivity contribution in [2.24, 2.45) is 5.92 Å². The predicted octanol–water partition coefficient (Wildman–Crippen LogP) is 3.68. The van der Waals surface area contributed by atoms with Crippen LogP contribution in [0.2, 0.25) is 10.0 Å². The average Bonchev–Trinajstić information content (AvgIpc) is 2.34. The molecule has 1 aromatic carbocycles. The highest BCUT2D eigenvalue weighted by Gasteiger charge is 2.27. The molecule has 2 rings (SSSR count). The van der Waals surface area contributed by atoms with E-state index < -0.39 is 0 Å². The number of rotatable bonds is 3. The highest BCUT2D eigenvalue weighted by atomic mass is 35.5. The molecule has 2 nitrogen and oxygen atoms in total. The van der Waals surface area contributed by atoms with E-state index in [1.54, 1.807) is 0 Å². The Morgan fingerprint density at radius 1 is 1.35 bits per heavy atom. The first-order chi connectivity index (χ1) is 8.22. The molecule has 4 heteroatoms. The lowest BCUT2D eigenvalue weighted by Crippen LogP contribution is -2.30. The van der Waals surface area contributed by atoms with Crippen molar-refractivity contribution < 1.29 is 4.74 Å². The minimum atomic E-state index is 0.131. The number of benzene rings is 1. The molecule has 0 saturated carbocycles. The molecule has 1 aromatic rings. The largest absolute Gasteiger partial charge is 0.373 e. The minimum Gasteiger partial charge on any atom is -0.373 e. The van der Waals surface area contributed by atoms with Gasteiger partial charge in [0.25, 0.3) is 0 Å². The molecule has 0 spiro atoms. The molecule has 1 aliphatic heterocycles. The van der Waals surface area contributed by atoms with Gasteiger partial charge in [0.05, 0.1) is 16.1 Å². The highest BCUT2D eigenvalue weighted by Crippen LogP contribution is 2.35. The third kappa shape index (κ3) is 3.14. The Balaban J connectivity index is 2.20. The second-order valence-corrected chi connectivity index (χ2v) is 5.24. The van der Waals surface area contributed by atoms with Crippen molar-refractivity contribution in [3.05, 3.63) is 33.8 Å². The molecule has 0 aliphatic carbocycles. The fraction of sp³-hybridized carbons (Fsp3) is 0.538. The first-order valence-corrected chi connectivity index (χ1v) is 6.69. The third-order valence-corrected chi connectivity index (χ3v) is 3.92. The van der Waals surface area contributed by atoms with Gasteiger partial charge in [-0.25, -0.2) is 0 Å². The first-order valence-electron chi connectivity index (χ1n) is 5.93. The van der Waals surface area contributed by atoms with Crippen LogP contribution in [0.25, 0.3) is 0 Å². The van der Waals surface area contributed by atoms with Crippen molar-refractivity contribution in [1.29, 1.82) is 0 Å². The Hall–Kier alpha value is -0.280. The lowest BCUT2D eigenvalue weighted by Gasteiger charge is -2.32. The number of hydrogen-bond donors (Lipinski definition) is 1. The van der Waals surface area contributed by atoms with Gasteiger partial charge in [0.2, 0.25) is 0 Å². The molecule has 94 valence electrons. The van der Waals surface area contributed by atoms with Crippen LogP contribution in [0.1, 0.15) is 24.5 Å². The number of halogens is 2. The quantitative estimate of drug-likeness (QED) is 0.907. The number of hydrogen-bond acceptors (Lipinski definition) is 2. The Morgan fingerprint density at radius 3 is 2.88 bits per heavy atom. The summed E-state index contributed by atoms with van der Waals surface area (Å²) in [6, 6.07) is 5.77. The Kier molecular flexibility index (Phi) is 4.69. The van der Waals surface area contributed by atoms with Crippen LogP contribution in [0.4, 0.5) is 0 Å². The summed E-state index contributed by atoms with van der Waals surface area (Å²) in [6.45, 7) is 1.79. The Morgan fingerprint density at radius 2 is 2.18 bits per heavy atom. The summed E-state index contributed by atoms with van der Waals surface area (Å²) < 4.78 is 5.88. The van der Waals surface area contributed by atoms with Gasteiger partial charge in [-0.15, -0.1) is 0 Å². The summed E-state index contributed by atoms with van der Waals surface area (Å²) in [6.07, 6.45) is 2.45. The van der Waals surface area contributed by atoms with Gasteiger partial charge in [-0.2, -0.15) is 0 Å². The van der Waals surface area contributed by atoms with E-state index in [0.29, 0.717) is 16.0 Å². The molecule has 1 heterocycles. The molecule has 0 bridgehead atoms. The van der Waals surface area contributed by atoms with E-state index in [-0.39, 0.29) is 6.10 Å². The van der Waals surface area contributed by atoms with Crippen LogP contribution in [0.15, 0.2) is 18.2 Å². The molecule has 17 heavy (non-hydrogen) atoms. The molecule has 2 unspecified atom stereocenters. The Labute approximate surface area is 112 Å². The van der Waals surface area contributed by atoms with Crippen molar-refractivity contribution in [3.8, 4) is 0 Å². The fourth-order valence-corrected chi connectivity index (χ4v) is 2.68. The first kappa shape index (κ1) is 13.2. The van der Waals surface area contributed by atoms with Gasteiger partial charge in [-0.05, 0) is 37.6 Å². The van der Waals surface area contributed by atoms with Gasteiger partial charge in [-0.1, -0.05) is 29.3 Å². The lowest BCUT2D eigenvalue weighted by molar-refractivity contribution is -0.0272. The summed E-state index contributed by atoms with van der Waals surface area (Å²) >= 11 is 12.0.